The zero-order chi connectivity index (χ0) is 19.5. The number of halogens is 1. The number of hydrogen-bond donors (Lipinski definition) is 1. The molecule has 26 heavy (non-hydrogen) atoms. The van der Waals surface area contributed by atoms with Crippen LogP contribution in [0, 0.1) is 27.3 Å². The third-order valence-corrected chi connectivity index (χ3v) is 3.20. The number of benzene rings is 2. The number of nitro groups is 1. The lowest BCUT2D eigenvalue weighted by molar-refractivity contribution is -0.383. The minimum Gasteiger partial charge on any atom is -0.456 e. The SMILES string of the molecule is CC(C)(C)OC(=O)c1ccc(Nc2ccc(C#N)cc2[N+](=O)[O-])c(F)c1. The molecule has 0 amide bonds. The summed E-state index contributed by atoms with van der Waals surface area (Å²) >= 11 is 0. The minimum atomic E-state index is -0.771. The van der Waals surface area contributed by atoms with Crippen molar-refractivity contribution in [1.82, 2.24) is 0 Å². The maximum absolute atomic E-state index is 14.3. The van der Waals surface area contributed by atoms with Crippen molar-refractivity contribution in [2.45, 2.75) is 26.4 Å². The zero-order valence-corrected chi connectivity index (χ0v) is 14.4. The Morgan fingerprint density at radius 3 is 2.42 bits per heavy atom. The topological polar surface area (TPSA) is 105 Å². The van der Waals surface area contributed by atoms with Crippen molar-refractivity contribution >= 4 is 23.0 Å². The zero-order valence-electron chi connectivity index (χ0n) is 14.4. The van der Waals surface area contributed by atoms with Crippen molar-refractivity contribution in [3.05, 3.63) is 63.5 Å². The first-order valence-electron chi connectivity index (χ1n) is 7.59. The van der Waals surface area contributed by atoms with Gasteiger partial charge in [0, 0.05) is 6.07 Å². The average Bonchev–Trinajstić information content (AvgIpc) is 2.55. The normalized spacial score (nSPS) is 10.7. The number of hydrogen-bond acceptors (Lipinski definition) is 6. The summed E-state index contributed by atoms with van der Waals surface area (Å²) in [5.74, 6) is -1.45. The van der Waals surface area contributed by atoms with Gasteiger partial charge >= 0.3 is 5.97 Å². The van der Waals surface area contributed by atoms with Gasteiger partial charge in [0.1, 0.15) is 17.1 Å². The van der Waals surface area contributed by atoms with E-state index in [0.717, 1.165) is 12.1 Å². The highest BCUT2D eigenvalue weighted by atomic mass is 19.1. The van der Waals surface area contributed by atoms with E-state index in [1.54, 1.807) is 26.8 Å². The van der Waals surface area contributed by atoms with Crippen LogP contribution in [0.1, 0.15) is 36.7 Å². The van der Waals surface area contributed by atoms with Crippen LogP contribution in [0.4, 0.5) is 21.5 Å². The molecule has 0 spiro atoms. The Kier molecular flexibility index (Phi) is 5.22. The molecule has 0 aliphatic carbocycles. The number of nitrogens with zero attached hydrogens (tertiary/aromatic N) is 2. The summed E-state index contributed by atoms with van der Waals surface area (Å²) in [4.78, 5) is 22.4. The molecule has 0 aliphatic rings. The molecule has 0 heterocycles. The second-order valence-electron chi connectivity index (χ2n) is 6.42. The first-order chi connectivity index (χ1) is 12.1. The lowest BCUT2D eigenvalue weighted by atomic mass is 10.1. The summed E-state index contributed by atoms with van der Waals surface area (Å²) < 4.78 is 19.5. The predicted octanol–water partition coefficient (Wildman–Crippen LogP) is 4.30. The second kappa shape index (κ2) is 7.19. The molecule has 1 N–H and O–H groups in total. The molecule has 2 rings (SSSR count). The Morgan fingerprint density at radius 2 is 1.88 bits per heavy atom. The van der Waals surface area contributed by atoms with Crippen molar-refractivity contribution in [2.75, 3.05) is 5.32 Å². The van der Waals surface area contributed by atoms with Crippen LogP contribution in [0.15, 0.2) is 36.4 Å². The van der Waals surface area contributed by atoms with E-state index in [4.69, 9.17) is 10.00 Å². The van der Waals surface area contributed by atoms with Crippen LogP contribution < -0.4 is 5.32 Å². The summed E-state index contributed by atoms with van der Waals surface area (Å²) in [6.07, 6.45) is 0. The molecule has 0 saturated heterocycles. The summed E-state index contributed by atoms with van der Waals surface area (Å²) in [7, 11) is 0. The number of anilines is 2. The van der Waals surface area contributed by atoms with Crippen LogP contribution in [-0.2, 0) is 4.74 Å². The molecule has 7 nitrogen and oxygen atoms in total. The fourth-order valence-electron chi connectivity index (χ4n) is 2.08. The first kappa shape index (κ1) is 18.9. The highest BCUT2D eigenvalue weighted by molar-refractivity contribution is 5.90. The van der Waals surface area contributed by atoms with Crippen molar-refractivity contribution in [3.63, 3.8) is 0 Å². The molecule has 0 saturated carbocycles. The maximum atomic E-state index is 14.3. The second-order valence-corrected chi connectivity index (χ2v) is 6.42. The molecule has 0 aliphatic heterocycles. The number of carbonyl (C=O) groups is 1. The van der Waals surface area contributed by atoms with E-state index < -0.39 is 22.3 Å². The van der Waals surface area contributed by atoms with Gasteiger partial charge < -0.3 is 10.1 Å². The van der Waals surface area contributed by atoms with E-state index in [-0.39, 0.29) is 28.2 Å². The first-order valence-corrected chi connectivity index (χ1v) is 7.59. The lowest BCUT2D eigenvalue weighted by Crippen LogP contribution is -2.24. The van der Waals surface area contributed by atoms with Gasteiger partial charge in [0.2, 0.25) is 0 Å². The lowest BCUT2D eigenvalue weighted by Gasteiger charge is -2.19. The molecule has 134 valence electrons. The van der Waals surface area contributed by atoms with Gasteiger partial charge in [-0.25, -0.2) is 9.18 Å². The van der Waals surface area contributed by atoms with Crippen LogP contribution in [0.5, 0.6) is 0 Å². The van der Waals surface area contributed by atoms with E-state index in [9.17, 15) is 19.3 Å². The van der Waals surface area contributed by atoms with E-state index in [1.165, 1.54) is 24.3 Å². The molecule has 2 aromatic carbocycles. The van der Waals surface area contributed by atoms with E-state index in [0.29, 0.717) is 0 Å². The van der Waals surface area contributed by atoms with Crippen LogP contribution in [-0.4, -0.2) is 16.5 Å². The molecule has 0 fully saturated rings. The Labute approximate surface area is 149 Å². The van der Waals surface area contributed by atoms with Gasteiger partial charge in [0.25, 0.3) is 5.69 Å². The summed E-state index contributed by atoms with van der Waals surface area (Å²) in [6.45, 7) is 5.09. The predicted molar refractivity (Wildman–Crippen MR) is 92.7 cm³/mol. The molecule has 0 radical (unpaired) electrons. The monoisotopic (exact) mass is 357 g/mol. The van der Waals surface area contributed by atoms with E-state index in [1.807, 2.05) is 0 Å². The average molecular weight is 357 g/mol. The Balaban J connectivity index is 2.31. The minimum absolute atomic E-state index is 0.0253. The number of rotatable bonds is 4. The van der Waals surface area contributed by atoms with Crippen molar-refractivity contribution in [2.24, 2.45) is 0 Å². The standard InChI is InChI=1S/C18H16FN3O4/c1-18(2,3)26-17(23)12-5-7-14(13(19)9-12)21-15-6-4-11(10-20)8-16(15)22(24)25/h4-9,21H,1-3H3. The number of ether oxygens (including phenoxy) is 1. The van der Waals surface area contributed by atoms with Crippen molar-refractivity contribution < 1.29 is 18.8 Å². The van der Waals surface area contributed by atoms with Crippen LogP contribution in [0.25, 0.3) is 0 Å². The third-order valence-electron chi connectivity index (χ3n) is 3.20. The van der Waals surface area contributed by atoms with Gasteiger partial charge in [-0.05, 0) is 51.1 Å². The molecule has 2 aromatic rings. The largest absolute Gasteiger partial charge is 0.456 e. The highest BCUT2D eigenvalue weighted by Gasteiger charge is 2.20. The van der Waals surface area contributed by atoms with Gasteiger partial charge in [-0.1, -0.05) is 0 Å². The van der Waals surface area contributed by atoms with Crippen LogP contribution in [0.2, 0.25) is 0 Å². The number of nitro benzene ring substituents is 1. The number of nitriles is 1. The van der Waals surface area contributed by atoms with E-state index >= 15 is 0 Å². The molecular weight excluding hydrogens is 341 g/mol. The number of esters is 1. The van der Waals surface area contributed by atoms with Crippen molar-refractivity contribution in [3.8, 4) is 6.07 Å². The van der Waals surface area contributed by atoms with Gasteiger partial charge in [0.15, 0.2) is 0 Å². The summed E-state index contributed by atoms with van der Waals surface area (Å²) in [5.41, 5.74) is -0.962. The molecule has 0 atom stereocenters. The summed E-state index contributed by atoms with van der Waals surface area (Å²) in [6, 6.07) is 9.23. The van der Waals surface area contributed by atoms with Crippen molar-refractivity contribution in [1.29, 1.82) is 5.26 Å². The Hall–Kier alpha value is -3.47. The van der Waals surface area contributed by atoms with Gasteiger partial charge in [-0.3, -0.25) is 10.1 Å². The Bertz CT molecular complexity index is 914. The molecule has 0 unspecified atom stereocenters. The van der Waals surface area contributed by atoms with E-state index in [2.05, 4.69) is 5.32 Å². The third kappa shape index (κ3) is 4.54. The van der Waals surface area contributed by atoms with Crippen LogP contribution >= 0.6 is 0 Å². The fourth-order valence-corrected chi connectivity index (χ4v) is 2.08. The van der Waals surface area contributed by atoms with Gasteiger partial charge in [0.05, 0.1) is 27.8 Å². The molecule has 0 bridgehead atoms. The Morgan fingerprint density at radius 1 is 1.23 bits per heavy atom. The highest BCUT2D eigenvalue weighted by Crippen LogP contribution is 2.30. The fraction of sp³-hybridized carbons (Fsp3) is 0.222. The molecule has 0 aromatic heterocycles. The van der Waals surface area contributed by atoms with Gasteiger partial charge in [-0.2, -0.15) is 5.26 Å². The number of nitrogens with one attached hydrogen (secondary N) is 1. The molecule has 8 heteroatoms. The van der Waals surface area contributed by atoms with Crippen LogP contribution in [0.3, 0.4) is 0 Å². The summed E-state index contributed by atoms with van der Waals surface area (Å²) in [5, 5.41) is 22.6. The quantitative estimate of drug-likeness (QED) is 0.497. The molecular formula is C18H16FN3O4. The number of carbonyl (C=O) groups excluding carboxylic acids is 1. The van der Waals surface area contributed by atoms with Gasteiger partial charge in [-0.15, -0.1) is 0 Å². The smallest absolute Gasteiger partial charge is 0.338 e. The maximum Gasteiger partial charge on any atom is 0.338 e.